The fourth-order valence-corrected chi connectivity index (χ4v) is 1.77. The summed E-state index contributed by atoms with van der Waals surface area (Å²) in [5, 5.41) is 17.0. The maximum Gasteiger partial charge on any atom is 0.0880 e. The van der Waals surface area contributed by atoms with Crippen LogP contribution in [0.5, 0.6) is 0 Å². The SMILES string of the molecule is CN=NC[C@H](O)CN1CCCC1C. The molecule has 76 valence electrons. The lowest BCUT2D eigenvalue weighted by molar-refractivity contribution is 0.114. The average Bonchev–Trinajstić information content (AvgIpc) is 2.48. The van der Waals surface area contributed by atoms with Crippen LogP contribution < -0.4 is 0 Å². The molecular formula is C9H19N3O. The Morgan fingerprint density at radius 3 is 2.92 bits per heavy atom. The Bertz CT molecular complexity index is 172. The van der Waals surface area contributed by atoms with Gasteiger partial charge in [-0.15, -0.1) is 0 Å². The molecule has 0 aliphatic carbocycles. The summed E-state index contributed by atoms with van der Waals surface area (Å²) in [7, 11) is 1.63. The first-order valence-electron chi connectivity index (χ1n) is 4.91. The highest BCUT2D eigenvalue weighted by molar-refractivity contribution is 4.77. The van der Waals surface area contributed by atoms with Gasteiger partial charge in [0.25, 0.3) is 0 Å². The van der Waals surface area contributed by atoms with Gasteiger partial charge >= 0.3 is 0 Å². The van der Waals surface area contributed by atoms with E-state index in [1.54, 1.807) is 7.05 Å². The Labute approximate surface area is 79.7 Å². The number of hydrogen-bond donors (Lipinski definition) is 1. The maximum absolute atomic E-state index is 9.56. The second-order valence-corrected chi connectivity index (χ2v) is 3.66. The number of nitrogens with zero attached hydrogens (tertiary/aromatic N) is 3. The van der Waals surface area contributed by atoms with Gasteiger partial charge in [-0.1, -0.05) is 0 Å². The molecule has 2 atom stereocenters. The third kappa shape index (κ3) is 3.40. The smallest absolute Gasteiger partial charge is 0.0880 e. The lowest BCUT2D eigenvalue weighted by Crippen LogP contribution is -2.35. The highest BCUT2D eigenvalue weighted by Gasteiger charge is 2.22. The van der Waals surface area contributed by atoms with Crippen LogP contribution in [0, 0.1) is 0 Å². The van der Waals surface area contributed by atoms with Crippen molar-refractivity contribution in [2.45, 2.75) is 31.9 Å². The molecule has 0 spiro atoms. The minimum Gasteiger partial charge on any atom is -0.390 e. The Morgan fingerprint density at radius 2 is 2.38 bits per heavy atom. The van der Waals surface area contributed by atoms with Gasteiger partial charge in [0, 0.05) is 19.6 Å². The van der Waals surface area contributed by atoms with Crippen molar-refractivity contribution in [3.8, 4) is 0 Å². The van der Waals surface area contributed by atoms with E-state index in [9.17, 15) is 5.11 Å². The molecule has 0 saturated carbocycles. The van der Waals surface area contributed by atoms with Gasteiger partial charge < -0.3 is 5.11 Å². The van der Waals surface area contributed by atoms with Crippen molar-refractivity contribution in [1.82, 2.24) is 4.90 Å². The van der Waals surface area contributed by atoms with E-state index in [-0.39, 0.29) is 6.10 Å². The van der Waals surface area contributed by atoms with E-state index < -0.39 is 0 Å². The summed E-state index contributed by atoms with van der Waals surface area (Å²) >= 11 is 0. The average molecular weight is 185 g/mol. The van der Waals surface area contributed by atoms with Crippen LogP contribution in [0.1, 0.15) is 19.8 Å². The highest BCUT2D eigenvalue weighted by atomic mass is 16.3. The summed E-state index contributed by atoms with van der Waals surface area (Å²) in [6.07, 6.45) is 2.15. The number of hydrogen-bond acceptors (Lipinski definition) is 4. The topological polar surface area (TPSA) is 48.2 Å². The summed E-state index contributed by atoms with van der Waals surface area (Å²) in [6, 6.07) is 0.619. The minimum absolute atomic E-state index is 0.357. The molecule has 1 unspecified atom stereocenters. The third-order valence-corrected chi connectivity index (χ3v) is 2.57. The fraction of sp³-hybridized carbons (Fsp3) is 1.00. The molecule has 0 aromatic carbocycles. The number of rotatable bonds is 4. The van der Waals surface area contributed by atoms with E-state index in [4.69, 9.17) is 0 Å². The molecule has 1 heterocycles. The molecule has 0 aromatic rings. The zero-order valence-corrected chi connectivity index (χ0v) is 8.48. The normalized spacial score (nSPS) is 27.2. The van der Waals surface area contributed by atoms with Crippen molar-refractivity contribution in [2.75, 3.05) is 26.7 Å². The molecule has 4 nitrogen and oxygen atoms in total. The fourth-order valence-electron chi connectivity index (χ4n) is 1.77. The number of azo groups is 1. The molecule has 1 aliphatic heterocycles. The Balaban J connectivity index is 2.22. The largest absolute Gasteiger partial charge is 0.390 e. The van der Waals surface area contributed by atoms with Crippen LogP contribution in [0.25, 0.3) is 0 Å². The summed E-state index contributed by atoms with van der Waals surface area (Å²) in [5.41, 5.74) is 0. The quantitative estimate of drug-likeness (QED) is 0.662. The van der Waals surface area contributed by atoms with Crippen molar-refractivity contribution >= 4 is 0 Å². The van der Waals surface area contributed by atoms with Crippen LogP contribution in [0.15, 0.2) is 10.2 Å². The minimum atomic E-state index is -0.357. The predicted octanol–water partition coefficient (Wildman–Crippen LogP) is 0.914. The van der Waals surface area contributed by atoms with E-state index in [1.165, 1.54) is 12.8 Å². The number of aliphatic hydroxyl groups is 1. The molecule has 0 aromatic heterocycles. The van der Waals surface area contributed by atoms with Crippen LogP contribution in [0.4, 0.5) is 0 Å². The zero-order valence-electron chi connectivity index (χ0n) is 8.48. The molecule has 1 N–H and O–H groups in total. The summed E-state index contributed by atoms with van der Waals surface area (Å²) in [4.78, 5) is 2.32. The second-order valence-electron chi connectivity index (χ2n) is 3.66. The number of aliphatic hydroxyl groups excluding tert-OH is 1. The zero-order chi connectivity index (χ0) is 9.68. The predicted molar refractivity (Wildman–Crippen MR) is 51.9 cm³/mol. The van der Waals surface area contributed by atoms with Crippen LogP contribution in [0.3, 0.4) is 0 Å². The summed E-state index contributed by atoms with van der Waals surface area (Å²) in [6.45, 7) is 4.49. The van der Waals surface area contributed by atoms with Crippen molar-refractivity contribution < 1.29 is 5.11 Å². The van der Waals surface area contributed by atoms with Crippen molar-refractivity contribution in [3.63, 3.8) is 0 Å². The molecule has 1 fully saturated rings. The third-order valence-electron chi connectivity index (χ3n) is 2.57. The van der Waals surface area contributed by atoms with Gasteiger partial charge in [-0.2, -0.15) is 10.2 Å². The van der Waals surface area contributed by atoms with Gasteiger partial charge in [0.2, 0.25) is 0 Å². The molecule has 13 heavy (non-hydrogen) atoms. The summed E-state index contributed by atoms with van der Waals surface area (Å²) in [5.74, 6) is 0. The first kappa shape index (κ1) is 10.6. The van der Waals surface area contributed by atoms with Crippen LogP contribution in [0.2, 0.25) is 0 Å². The molecule has 1 aliphatic rings. The van der Waals surface area contributed by atoms with Gasteiger partial charge in [-0.25, -0.2) is 0 Å². The number of likely N-dealkylation sites (tertiary alicyclic amines) is 1. The first-order valence-corrected chi connectivity index (χ1v) is 4.91. The molecule has 0 amide bonds. The van der Waals surface area contributed by atoms with Crippen LogP contribution in [-0.4, -0.2) is 48.8 Å². The molecule has 1 saturated heterocycles. The maximum atomic E-state index is 9.56. The van der Waals surface area contributed by atoms with E-state index in [1.807, 2.05) is 0 Å². The van der Waals surface area contributed by atoms with Gasteiger partial charge in [-0.3, -0.25) is 4.90 Å². The van der Waals surface area contributed by atoms with Crippen molar-refractivity contribution in [1.29, 1.82) is 0 Å². The van der Waals surface area contributed by atoms with Gasteiger partial charge in [0.15, 0.2) is 0 Å². The highest BCUT2D eigenvalue weighted by Crippen LogP contribution is 2.16. The number of β-amino-alcohol motifs (C(OH)–C–C–N with tert-alkyl or cyclic N) is 1. The lowest BCUT2D eigenvalue weighted by Gasteiger charge is -2.22. The summed E-state index contributed by atoms with van der Waals surface area (Å²) < 4.78 is 0. The van der Waals surface area contributed by atoms with Gasteiger partial charge in [0.05, 0.1) is 12.6 Å². The Hall–Kier alpha value is -0.480. The molecule has 4 heteroatoms. The van der Waals surface area contributed by atoms with Crippen LogP contribution in [-0.2, 0) is 0 Å². The molecule has 0 bridgehead atoms. The van der Waals surface area contributed by atoms with E-state index in [0.717, 1.165) is 13.1 Å². The second kappa shape index (κ2) is 5.29. The van der Waals surface area contributed by atoms with E-state index >= 15 is 0 Å². The van der Waals surface area contributed by atoms with Gasteiger partial charge in [0.1, 0.15) is 0 Å². The molecule has 1 rings (SSSR count). The van der Waals surface area contributed by atoms with Gasteiger partial charge in [-0.05, 0) is 26.3 Å². The van der Waals surface area contributed by atoms with Crippen molar-refractivity contribution in [3.05, 3.63) is 0 Å². The lowest BCUT2D eigenvalue weighted by atomic mass is 10.2. The van der Waals surface area contributed by atoms with E-state index in [2.05, 4.69) is 22.1 Å². The standard InChI is InChI=1S/C9H19N3O/c1-8-4-3-5-12(8)7-9(13)6-11-10-2/h8-9,13H,3-7H2,1-2H3/t8?,9-/m0/s1. The Morgan fingerprint density at radius 1 is 1.62 bits per heavy atom. The molecular weight excluding hydrogens is 166 g/mol. The first-order chi connectivity index (χ1) is 6.24. The van der Waals surface area contributed by atoms with Crippen LogP contribution >= 0.6 is 0 Å². The monoisotopic (exact) mass is 185 g/mol. The van der Waals surface area contributed by atoms with E-state index in [0.29, 0.717) is 12.6 Å². The Kier molecular flexibility index (Phi) is 4.32. The van der Waals surface area contributed by atoms with Crippen molar-refractivity contribution in [2.24, 2.45) is 10.2 Å². The molecule has 0 radical (unpaired) electrons.